The van der Waals surface area contributed by atoms with Gasteiger partial charge in [0.15, 0.2) is 0 Å². The highest BCUT2D eigenvalue weighted by Crippen LogP contribution is 2.47. The molecule has 0 radical (unpaired) electrons. The summed E-state index contributed by atoms with van der Waals surface area (Å²) in [6, 6.07) is 0. The quantitative estimate of drug-likeness (QED) is 0.456. The van der Waals surface area contributed by atoms with Crippen molar-refractivity contribution in [2.24, 2.45) is 28.5 Å². The first kappa shape index (κ1) is 14.2. The van der Waals surface area contributed by atoms with E-state index >= 15 is 0 Å². The number of hydrogen-bond acceptors (Lipinski definition) is 3. The summed E-state index contributed by atoms with van der Waals surface area (Å²) < 4.78 is 0. The van der Waals surface area contributed by atoms with E-state index in [1.165, 1.54) is 0 Å². The van der Waals surface area contributed by atoms with Crippen molar-refractivity contribution in [1.29, 1.82) is 0 Å². The Morgan fingerprint density at radius 2 is 1.47 bits per heavy atom. The molecule has 0 aromatic heterocycles. The fourth-order valence-corrected chi connectivity index (χ4v) is 2.57. The maximum Gasteiger partial charge on any atom is 0.248 e. The summed E-state index contributed by atoms with van der Waals surface area (Å²) in [4.78, 5) is 24.3. The van der Waals surface area contributed by atoms with Crippen LogP contribution in [0.2, 0.25) is 0 Å². The van der Waals surface area contributed by atoms with Crippen LogP contribution < -0.4 is 5.84 Å². The molecule has 0 spiro atoms. The number of hydrogen-bond donors (Lipinski definition) is 1. The van der Waals surface area contributed by atoms with Crippen LogP contribution in [0.25, 0.3) is 0 Å². The van der Waals surface area contributed by atoms with E-state index in [0.717, 1.165) is 11.4 Å². The first-order chi connectivity index (χ1) is 7.54. The van der Waals surface area contributed by atoms with Crippen molar-refractivity contribution < 1.29 is 9.59 Å². The van der Waals surface area contributed by atoms with Gasteiger partial charge in [-0.1, -0.05) is 48.0 Å². The van der Waals surface area contributed by atoms with E-state index < -0.39 is 0 Å². The van der Waals surface area contributed by atoms with Gasteiger partial charge in [-0.05, 0) is 10.8 Å². The SMILES string of the molecule is CCC(C)(C)C1C(=O)N(N)C(=O)C1C(C)(C)C. The number of amides is 2. The van der Waals surface area contributed by atoms with Crippen LogP contribution in [0, 0.1) is 22.7 Å². The highest BCUT2D eigenvalue weighted by Gasteiger charge is 2.56. The van der Waals surface area contributed by atoms with Gasteiger partial charge in [0, 0.05) is 0 Å². The third kappa shape index (κ3) is 2.23. The van der Waals surface area contributed by atoms with E-state index in [1.54, 1.807) is 0 Å². The second-order valence-electron chi connectivity index (χ2n) is 6.71. The molecule has 0 bridgehead atoms. The van der Waals surface area contributed by atoms with Crippen LogP contribution in [0.3, 0.4) is 0 Å². The lowest BCUT2D eigenvalue weighted by molar-refractivity contribution is -0.141. The third-order valence-electron chi connectivity index (χ3n) is 4.03. The van der Waals surface area contributed by atoms with Crippen molar-refractivity contribution in [1.82, 2.24) is 5.01 Å². The molecule has 98 valence electrons. The second-order valence-corrected chi connectivity index (χ2v) is 6.71. The minimum Gasteiger partial charge on any atom is -0.273 e. The van der Waals surface area contributed by atoms with Gasteiger partial charge in [0.05, 0.1) is 11.8 Å². The molecule has 2 atom stereocenters. The van der Waals surface area contributed by atoms with E-state index in [-0.39, 0.29) is 34.5 Å². The maximum absolute atomic E-state index is 12.2. The van der Waals surface area contributed by atoms with Crippen LogP contribution in [0.1, 0.15) is 48.0 Å². The Labute approximate surface area is 104 Å². The number of rotatable bonds is 2. The van der Waals surface area contributed by atoms with Gasteiger partial charge in [-0.15, -0.1) is 0 Å². The summed E-state index contributed by atoms with van der Waals surface area (Å²) in [5.74, 6) is 4.47. The average Bonchev–Trinajstić information content (AvgIpc) is 2.42. The van der Waals surface area contributed by atoms with E-state index in [2.05, 4.69) is 0 Å². The third-order valence-corrected chi connectivity index (χ3v) is 4.03. The lowest BCUT2D eigenvalue weighted by Crippen LogP contribution is -2.39. The Bertz CT molecular complexity index is 342. The predicted molar refractivity (Wildman–Crippen MR) is 66.5 cm³/mol. The monoisotopic (exact) mass is 240 g/mol. The van der Waals surface area contributed by atoms with E-state index in [9.17, 15) is 9.59 Å². The summed E-state index contributed by atoms with van der Waals surface area (Å²) in [5, 5.41) is 0.817. The molecule has 1 saturated heterocycles. The summed E-state index contributed by atoms with van der Waals surface area (Å²) in [5.41, 5.74) is -0.462. The van der Waals surface area contributed by atoms with Gasteiger partial charge >= 0.3 is 0 Å². The number of carbonyl (C=O) groups excluding carboxylic acids is 2. The standard InChI is InChI=1S/C13H24N2O2/c1-7-13(5,6)9-8(12(2,3)4)10(16)15(14)11(9)17/h8-9H,7,14H2,1-6H3. The van der Waals surface area contributed by atoms with Crippen molar-refractivity contribution in [3.05, 3.63) is 0 Å². The van der Waals surface area contributed by atoms with Crippen molar-refractivity contribution in [2.75, 3.05) is 0 Å². The molecule has 0 aliphatic carbocycles. The van der Waals surface area contributed by atoms with Gasteiger partial charge in [-0.25, -0.2) is 10.9 Å². The summed E-state index contributed by atoms with van der Waals surface area (Å²) in [6.45, 7) is 12.1. The Hall–Kier alpha value is -0.900. The van der Waals surface area contributed by atoms with Crippen molar-refractivity contribution in [3.8, 4) is 0 Å². The molecule has 1 aliphatic rings. The van der Waals surface area contributed by atoms with Gasteiger partial charge in [-0.3, -0.25) is 9.59 Å². The molecule has 4 nitrogen and oxygen atoms in total. The molecule has 4 heteroatoms. The molecular weight excluding hydrogens is 216 g/mol. The van der Waals surface area contributed by atoms with Crippen LogP contribution in [-0.4, -0.2) is 16.8 Å². The summed E-state index contributed by atoms with van der Waals surface area (Å²) in [7, 11) is 0. The van der Waals surface area contributed by atoms with Crippen LogP contribution in [0.15, 0.2) is 0 Å². The number of nitrogens with zero attached hydrogens (tertiary/aromatic N) is 1. The molecule has 2 unspecified atom stereocenters. The Kier molecular flexibility index (Phi) is 3.41. The van der Waals surface area contributed by atoms with Crippen molar-refractivity contribution in [3.63, 3.8) is 0 Å². The van der Waals surface area contributed by atoms with E-state index in [4.69, 9.17) is 5.84 Å². The molecule has 1 heterocycles. The summed E-state index contributed by atoms with van der Waals surface area (Å²) in [6.07, 6.45) is 0.844. The van der Waals surface area contributed by atoms with Gasteiger partial charge in [0.1, 0.15) is 0 Å². The Morgan fingerprint density at radius 3 is 1.82 bits per heavy atom. The first-order valence-electron chi connectivity index (χ1n) is 6.16. The Balaban J connectivity index is 3.25. The molecule has 1 fully saturated rings. The maximum atomic E-state index is 12.2. The fourth-order valence-electron chi connectivity index (χ4n) is 2.57. The minimum absolute atomic E-state index is 0.210. The average molecular weight is 240 g/mol. The molecule has 0 aromatic rings. The fraction of sp³-hybridized carbons (Fsp3) is 0.846. The van der Waals surface area contributed by atoms with Gasteiger partial charge in [0.25, 0.3) is 0 Å². The highest BCUT2D eigenvalue weighted by molar-refractivity contribution is 6.05. The van der Waals surface area contributed by atoms with Gasteiger partial charge < -0.3 is 0 Å². The molecule has 0 saturated carbocycles. The number of imide groups is 1. The lowest BCUT2D eigenvalue weighted by atomic mass is 9.64. The molecule has 2 amide bonds. The van der Waals surface area contributed by atoms with E-state index in [0.29, 0.717) is 0 Å². The molecule has 0 aromatic carbocycles. The molecule has 17 heavy (non-hydrogen) atoms. The summed E-state index contributed by atoms with van der Waals surface area (Å²) >= 11 is 0. The van der Waals surface area contributed by atoms with Crippen molar-refractivity contribution >= 4 is 11.8 Å². The van der Waals surface area contributed by atoms with Crippen LogP contribution in [-0.2, 0) is 9.59 Å². The van der Waals surface area contributed by atoms with Crippen molar-refractivity contribution in [2.45, 2.75) is 48.0 Å². The molecule has 2 N–H and O–H groups in total. The highest BCUT2D eigenvalue weighted by atomic mass is 16.2. The first-order valence-corrected chi connectivity index (χ1v) is 6.16. The smallest absolute Gasteiger partial charge is 0.248 e. The molecule has 1 aliphatic heterocycles. The normalized spacial score (nSPS) is 26.9. The number of hydrazine groups is 1. The zero-order valence-corrected chi connectivity index (χ0v) is 11.7. The topological polar surface area (TPSA) is 63.4 Å². The van der Waals surface area contributed by atoms with Crippen LogP contribution in [0.5, 0.6) is 0 Å². The molecular formula is C13H24N2O2. The number of nitrogens with two attached hydrogens (primary N) is 1. The predicted octanol–water partition coefficient (Wildman–Crippen LogP) is 1.94. The second kappa shape index (κ2) is 4.09. The van der Waals surface area contributed by atoms with E-state index in [1.807, 2.05) is 41.5 Å². The largest absolute Gasteiger partial charge is 0.273 e. The lowest BCUT2D eigenvalue weighted by Gasteiger charge is -2.37. The number of carbonyl (C=O) groups is 2. The Morgan fingerprint density at radius 1 is 1.06 bits per heavy atom. The van der Waals surface area contributed by atoms with Gasteiger partial charge in [0.2, 0.25) is 11.8 Å². The zero-order valence-electron chi connectivity index (χ0n) is 11.7. The van der Waals surface area contributed by atoms with Crippen LogP contribution >= 0.6 is 0 Å². The zero-order chi connectivity index (χ0) is 13.6. The van der Waals surface area contributed by atoms with Crippen LogP contribution in [0.4, 0.5) is 0 Å². The minimum atomic E-state index is -0.324. The van der Waals surface area contributed by atoms with Gasteiger partial charge in [-0.2, -0.15) is 0 Å². The molecule has 1 rings (SSSR count).